The summed E-state index contributed by atoms with van der Waals surface area (Å²) in [5, 5.41) is 2.58. The Balaban J connectivity index is 1.18. The van der Waals surface area contributed by atoms with Crippen molar-refractivity contribution in [1.29, 1.82) is 0 Å². The minimum atomic E-state index is -0.151. The Bertz CT molecular complexity index is 2820. The fourth-order valence-corrected chi connectivity index (χ4v) is 8.29. The molecule has 55 heavy (non-hydrogen) atoms. The van der Waals surface area contributed by atoms with Crippen molar-refractivity contribution in [2.75, 3.05) is 0 Å². The minimum Gasteiger partial charge on any atom is -0.265 e. The summed E-state index contributed by atoms with van der Waals surface area (Å²) in [7, 11) is 0. The second kappa shape index (κ2) is 13.2. The van der Waals surface area contributed by atoms with Gasteiger partial charge in [-0.05, 0) is 115 Å². The second-order valence-electron chi connectivity index (χ2n) is 14.9. The SMILES string of the molecule is CC1(C)c2cc(-c3cc(-c4cccc(-c5ccncc5)c4)cc(-c4nc(-c5ccccc5)cc(-c5ccccc5)n4)c3)ccc2-c2c1ccc1ccccc21. The number of pyridine rings is 1. The van der Waals surface area contributed by atoms with E-state index >= 15 is 0 Å². The molecule has 1 aliphatic rings. The zero-order valence-corrected chi connectivity index (χ0v) is 30.7. The number of fused-ring (bicyclic) bond motifs is 5. The molecule has 3 heteroatoms. The summed E-state index contributed by atoms with van der Waals surface area (Å²) in [5.41, 5.74) is 16.9. The van der Waals surface area contributed by atoms with E-state index in [1.165, 1.54) is 38.6 Å². The molecule has 9 aromatic rings. The zero-order valence-electron chi connectivity index (χ0n) is 30.7. The number of rotatable bonds is 6. The fraction of sp³-hybridized carbons (Fsp3) is 0.0577. The number of nitrogens with zero attached hydrogens (tertiary/aromatic N) is 3. The molecule has 0 bridgehead atoms. The van der Waals surface area contributed by atoms with Gasteiger partial charge >= 0.3 is 0 Å². The highest BCUT2D eigenvalue weighted by molar-refractivity contribution is 6.03. The van der Waals surface area contributed by atoms with Crippen LogP contribution in [0.4, 0.5) is 0 Å². The molecule has 3 nitrogen and oxygen atoms in total. The summed E-state index contributed by atoms with van der Waals surface area (Å²) >= 11 is 0. The largest absolute Gasteiger partial charge is 0.265 e. The molecule has 2 heterocycles. The van der Waals surface area contributed by atoms with Gasteiger partial charge in [0.15, 0.2) is 5.82 Å². The fourth-order valence-electron chi connectivity index (χ4n) is 8.29. The van der Waals surface area contributed by atoms with Crippen LogP contribution in [0.3, 0.4) is 0 Å². The summed E-state index contributed by atoms with van der Waals surface area (Å²) in [5.74, 6) is 0.689. The van der Waals surface area contributed by atoms with E-state index in [-0.39, 0.29) is 5.41 Å². The maximum Gasteiger partial charge on any atom is 0.160 e. The third-order valence-electron chi connectivity index (χ3n) is 11.2. The normalized spacial score (nSPS) is 12.7. The lowest BCUT2D eigenvalue weighted by Gasteiger charge is -2.22. The molecule has 0 atom stereocenters. The van der Waals surface area contributed by atoms with Crippen LogP contribution in [0, 0.1) is 0 Å². The lowest BCUT2D eigenvalue weighted by Crippen LogP contribution is -2.15. The third kappa shape index (κ3) is 5.82. The van der Waals surface area contributed by atoms with Gasteiger partial charge in [0.25, 0.3) is 0 Å². The first-order chi connectivity index (χ1) is 27.0. The van der Waals surface area contributed by atoms with Gasteiger partial charge in [-0.3, -0.25) is 4.98 Å². The first-order valence-electron chi connectivity index (χ1n) is 18.8. The van der Waals surface area contributed by atoms with Gasteiger partial charge in [0.2, 0.25) is 0 Å². The van der Waals surface area contributed by atoms with Crippen LogP contribution in [0.1, 0.15) is 25.0 Å². The smallest absolute Gasteiger partial charge is 0.160 e. The molecular formula is C52H37N3. The molecule has 0 spiro atoms. The van der Waals surface area contributed by atoms with Crippen LogP contribution in [0.5, 0.6) is 0 Å². The van der Waals surface area contributed by atoms with E-state index in [4.69, 9.17) is 9.97 Å². The van der Waals surface area contributed by atoms with Crippen LogP contribution in [0.2, 0.25) is 0 Å². The van der Waals surface area contributed by atoms with Crippen LogP contribution >= 0.6 is 0 Å². The molecule has 10 rings (SSSR count). The van der Waals surface area contributed by atoms with Crippen LogP contribution in [-0.4, -0.2) is 15.0 Å². The monoisotopic (exact) mass is 703 g/mol. The Hall–Kier alpha value is -6.97. The summed E-state index contributed by atoms with van der Waals surface area (Å²) in [6.45, 7) is 4.72. The number of hydrogen-bond donors (Lipinski definition) is 0. The Morgan fingerprint density at radius 1 is 0.382 bits per heavy atom. The van der Waals surface area contributed by atoms with Crippen molar-refractivity contribution in [2.45, 2.75) is 19.3 Å². The minimum absolute atomic E-state index is 0.151. The molecule has 0 unspecified atom stereocenters. The maximum atomic E-state index is 5.25. The Morgan fingerprint density at radius 3 is 1.64 bits per heavy atom. The molecule has 0 N–H and O–H groups in total. The van der Waals surface area contributed by atoms with E-state index in [2.05, 4.69) is 183 Å². The lowest BCUT2D eigenvalue weighted by molar-refractivity contribution is 0.661. The molecule has 0 fully saturated rings. The number of hydrogen-bond acceptors (Lipinski definition) is 3. The predicted octanol–water partition coefficient (Wildman–Crippen LogP) is 13.3. The molecule has 0 radical (unpaired) electrons. The summed E-state index contributed by atoms with van der Waals surface area (Å²) in [6.07, 6.45) is 3.69. The van der Waals surface area contributed by atoms with Crippen LogP contribution in [0.25, 0.3) is 89.2 Å². The first-order valence-corrected chi connectivity index (χ1v) is 18.8. The number of aromatic nitrogens is 3. The van der Waals surface area contributed by atoms with Gasteiger partial charge in [-0.15, -0.1) is 0 Å². The van der Waals surface area contributed by atoms with Crippen molar-refractivity contribution >= 4 is 10.8 Å². The second-order valence-corrected chi connectivity index (χ2v) is 14.9. The Labute approximate surface area is 321 Å². The van der Waals surface area contributed by atoms with Gasteiger partial charge in [-0.2, -0.15) is 0 Å². The molecule has 1 aliphatic carbocycles. The van der Waals surface area contributed by atoms with Crippen molar-refractivity contribution in [2.24, 2.45) is 0 Å². The van der Waals surface area contributed by atoms with E-state index in [1.54, 1.807) is 0 Å². The predicted molar refractivity (Wildman–Crippen MR) is 228 cm³/mol. The lowest BCUT2D eigenvalue weighted by atomic mass is 9.81. The van der Waals surface area contributed by atoms with Crippen LogP contribution in [-0.2, 0) is 5.41 Å². The highest BCUT2D eigenvalue weighted by Crippen LogP contribution is 2.52. The highest BCUT2D eigenvalue weighted by Gasteiger charge is 2.36. The average Bonchev–Trinajstić information content (AvgIpc) is 3.49. The zero-order chi connectivity index (χ0) is 36.9. The first kappa shape index (κ1) is 32.7. The van der Waals surface area contributed by atoms with Crippen molar-refractivity contribution in [3.8, 4) is 78.4 Å². The van der Waals surface area contributed by atoms with E-state index in [0.717, 1.165) is 55.9 Å². The van der Waals surface area contributed by atoms with Crippen molar-refractivity contribution in [3.05, 3.63) is 199 Å². The number of benzene rings is 7. The van der Waals surface area contributed by atoms with E-state index in [1.807, 2.05) is 24.5 Å². The van der Waals surface area contributed by atoms with Gasteiger partial charge in [-0.1, -0.05) is 141 Å². The van der Waals surface area contributed by atoms with Gasteiger partial charge in [0, 0.05) is 34.5 Å². The standard InChI is InChI=1S/C52H37N3/c1-52(2)46-23-21-35-12-9-10-19-44(35)50(46)45-22-20-40(32-47(45)52)42-29-41(39-18-11-17-38(28-39)34-24-26-53-27-25-34)30-43(31-42)51-54-48(36-13-5-3-6-14-36)33-49(55-51)37-15-7-4-8-16-37/h3-33H,1-2H3. The molecule has 7 aromatic carbocycles. The average molecular weight is 704 g/mol. The summed E-state index contributed by atoms with van der Waals surface area (Å²) in [6, 6.07) is 62.9. The van der Waals surface area contributed by atoms with E-state index in [9.17, 15) is 0 Å². The van der Waals surface area contributed by atoms with Crippen LogP contribution < -0.4 is 0 Å². The summed E-state index contributed by atoms with van der Waals surface area (Å²) < 4.78 is 0. The third-order valence-corrected chi connectivity index (χ3v) is 11.2. The van der Waals surface area contributed by atoms with E-state index < -0.39 is 0 Å². The highest BCUT2D eigenvalue weighted by atomic mass is 14.9. The van der Waals surface area contributed by atoms with Crippen molar-refractivity contribution < 1.29 is 0 Å². The van der Waals surface area contributed by atoms with Gasteiger partial charge in [0.1, 0.15) is 0 Å². The molecule has 0 saturated heterocycles. The Morgan fingerprint density at radius 2 is 0.945 bits per heavy atom. The molecule has 0 amide bonds. The topological polar surface area (TPSA) is 38.7 Å². The van der Waals surface area contributed by atoms with Crippen molar-refractivity contribution in [1.82, 2.24) is 15.0 Å². The molecule has 2 aromatic heterocycles. The Kier molecular flexibility index (Phi) is 7.81. The molecule has 0 aliphatic heterocycles. The molecule has 260 valence electrons. The van der Waals surface area contributed by atoms with Gasteiger partial charge in [0.05, 0.1) is 11.4 Å². The van der Waals surface area contributed by atoms with Crippen LogP contribution in [0.15, 0.2) is 188 Å². The van der Waals surface area contributed by atoms with Gasteiger partial charge < -0.3 is 0 Å². The molecular weight excluding hydrogens is 667 g/mol. The quantitative estimate of drug-likeness (QED) is 0.173. The van der Waals surface area contributed by atoms with Crippen molar-refractivity contribution in [3.63, 3.8) is 0 Å². The van der Waals surface area contributed by atoms with Gasteiger partial charge in [-0.25, -0.2) is 9.97 Å². The maximum absolute atomic E-state index is 5.25. The van der Waals surface area contributed by atoms with E-state index in [0.29, 0.717) is 5.82 Å². The summed E-state index contributed by atoms with van der Waals surface area (Å²) in [4.78, 5) is 14.8. The molecule has 0 saturated carbocycles.